The smallest absolute Gasteiger partial charge is 0.253 e. The number of thiophene rings is 1. The maximum absolute atomic E-state index is 13.2. The summed E-state index contributed by atoms with van der Waals surface area (Å²) < 4.78 is 27.8. The highest BCUT2D eigenvalue weighted by atomic mass is 35.5. The molecule has 4 rings (SSSR count). The molecule has 2 aromatic rings. The molecule has 0 aliphatic carbocycles. The van der Waals surface area contributed by atoms with E-state index in [9.17, 15) is 13.2 Å². The van der Waals surface area contributed by atoms with Crippen molar-refractivity contribution in [3.8, 4) is 0 Å². The summed E-state index contributed by atoms with van der Waals surface area (Å²) in [7, 11) is -3.64. The molecule has 1 amide bonds. The van der Waals surface area contributed by atoms with Gasteiger partial charge < -0.3 is 9.80 Å². The molecule has 2 fully saturated rings. The van der Waals surface area contributed by atoms with E-state index in [1.165, 1.54) is 15.6 Å². The molecule has 7 nitrogen and oxygen atoms in total. The third-order valence-electron chi connectivity index (χ3n) is 5.39. The summed E-state index contributed by atoms with van der Waals surface area (Å²) in [4.78, 5) is 22.3. The Morgan fingerprint density at radius 1 is 1.14 bits per heavy atom. The number of aromatic nitrogens is 1. The minimum absolute atomic E-state index is 0.0944. The van der Waals surface area contributed by atoms with E-state index in [1.54, 1.807) is 29.3 Å². The number of sulfonamides is 1. The zero-order valence-electron chi connectivity index (χ0n) is 16.1. The predicted octanol–water partition coefficient (Wildman–Crippen LogP) is 2.61. The third kappa shape index (κ3) is 4.14. The van der Waals surface area contributed by atoms with Crippen LogP contribution >= 0.6 is 22.9 Å². The Balaban J connectivity index is 1.43. The highest BCUT2D eigenvalue weighted by Crippen LogP contribution is 2.31. The van der Waals surface area contributed by atoms with Crippen LogP contribution in [0.5, 0.6) is 0 Å². The van der Waals surface area contributed by atoms with E-state index >= 15 is 0 Å². The number of amides is 1. The molecule has 1 unspecified atom stereocenters. The van der Waals surface area contributed by atoms with Gasteiger partial charge >= 0.3 is 0 Å². The number of anilines is 1. The molecule has 156 valence electrons. The molecule has 29 heavy (non-hydrogen) atoms. The van der Waals surface area contributed by atoms with Crippen LogP contribution in [0.15, 0.2) is 34.7 Å². The van der Waals surface area contributed by atoms with Gasteiger partial charge in [0, 0.05) is 43.8 Å². The molecule has 0 N–H and O–H groups in total. The Bertz CT molecular complexity index is 985. The molecule has 0 bridgehead atoms. The number of rotatable bonds is 4. The number of hydrogen-bond acceptors (Lipinski definition) is 6. The van der Waals surface area contributed by atoms with E-state index in [1.807, 2.05) is 13.0 Å². The largest absolute Gasteiger partial charge is 0.353 e. The van der Waals surface area contributed by atoms with Gasteiger partial charge in [-0.1, -0.05) is 11.6 Å². The Morgan fingerprint density at radius 3 is 2.52 bits per heavy atom. The fourth-order valence-corrected chi connectivity index (χ4v) is 7.04. The average molecular weight is 455 g/mol. The van der Waals surface area contributed by atoms with Gasteiger partial charge in [-0.25, -0.2) is 13.4 Å². The number of carbonyl (C=O) groups excluding carboxylic acids is 1. The first-order chi connectivity index (χ1) is 13.9. The molecule has 2 aliphatic rings. The number of piperazine rings is 1. The Morgan fingerprint density at radius 2 is 1.90 bits per heavy atom. The molecular formula is C19H23ClN4O3S2. The maximum atomic E-state index is 13.2. The van der Waals surface area contributed by atoms with Crippen LogP contribution in [-0.4, -0.2) is 67.3 Å². The van der Waals surface area contributed by atoms with Crippen LogP contribution in [0.4, 0.5) is 5.82 Å². The summed E-state index contributed by atoms with van der Waals surface area (Å²) in [6.07, 6.45) is 2.89. The molecular weight excluding hydrogens is 432 g/mol. The van der Waals surface area contributed by atoms with E-state index in [0.717, 1.165) is 10.7 Å². The van der Waals surface area contributed by atoms with Gasteiger partial charge in [-0.05, 0) is 44.0 Å². The van der Waals surface area contributed by atoms with Crippen molar-refractivity contribution in [2.45, 2.75) is 30.0 Å². The van der Waals surface area contributed by atoms with E-state index in [4.69, 9.17) is 11.6 Å². The van der Waals surface area contributed by atoms with E-state index < -0.39 is 16.1 Å². The monoisotopic (exact) mass is 454 g/mol. The lowest BCUT2D eigenvalue weighted by molar-refractivity contribution is -0.134. The summed E-state index contributed by atoms with van der Waals surface area (Å²) in [5.41, 5.74) is 0. The Kier molecular flexibility index (Phi) is 5.83. The Labute approximate surface area is 179 Å². The fourth-order valence-electron chi connectivity index (χ4n) is 3.86. The van der Waals surface area contributed by atoms with Gasteiger partial charge in [-0.3, -0.25) is 4.79 Å². The van der Waals surface area contributed by atoms with Crippen molar-refractivity contribution in [2.24, 2.45) is 0 Å². The van der Waals surface area contributed by atoms with Gasteiger partial charge in [-0.15, -0.1) is 11.3 Å². The molecule has 2 aliphatic heterocycles. The molecule has 2 saturated heterocycles. The summed E-state index contributed by atoms with van der Waals surface area (Å²) >= 11 is 7.15. The van der Waals surface area contributed by atoms with Gasteiger partial charge in [-0.2, -0.15) is 4.31 Å². The van der Waals surface area contributed by atoms with Gasteiger partial charge in [0.15, 0.2) is 0 Å². The second-order valence-electron chi connectivity index (χ2n) is 7.29. The summed E-state index contributed by atoms with van der Waals surface area (Å²) in [6.45, 7) is 4.68. The zero-order chi connectivity index (χ0) is 20.6. The highest BCUT2D eigenvalue weighted by Gasteiger charge is 2.42. The van der Waals surface area contributed by atoms with Gasteiger partial charge in [0.25, 0.3) is 10.0 Å². The van der Waals surface area contributed by atoms with Gasteiger partial charge in [0.05, 0.1) is 5.02 Å². The van der Waals surface area contributed by atoms with Crippen LogP contribution in [0.25, 0.3) is 0 Å². The van der Waals surface area contributed by atoms with Crippen LogP contribution in [0.1, 0.15) is 17.7 Å². The zero-order valence-corrected chi connectivity index (χ0v) is 18.5. The van der Waals surface area contributed by atoms with Crippen LogP contribution in [0.3, 0.4) is 0 Å². The molecule has 4 heterocycles. The minimum Gasteiger partial charge on any atom is -0.353 e. The number of nitrogens with zero attached hydrogens (tertiary/aromatic N) is 4. The van der Waals surface area contributed by atoms with Crippen molar-refractivity contribution in [3.63, 3.8) is 0 Å². The first-order valence-electron chi connectivity index (χ1n) is 9.60. The lowest BCUT2D eigenvalue weighted by Crippen LogP contribution is -2.54. The quantitative estimate of drug-likeness (QED) is 0.710. The van der Waals surface area contributed by atoms with Crippen LogP contribution in [0.2, 0.25) is 5.02 Å². The Hall–Kier alpha value is -1.68. The number of carbonyl (C=O) groups is 1. The minimum atomic E-state index is -3.64. The second-order valence-corrected chi connectivity index (χ2v) is 11.1. The first kappa shape index (κ1) is 20.6. The van der Waals surface area contributed by atoms with Crippen molar-refractivity contribution >= 4 is 44.7 Å². The van der Waals surface area contributed by atoms with Crippen LogP contribution in [-0.2, 0) is 14.8 Å². The standard InChI is InChI=1S/C19H23ClN4O3S2/c1-14-4-7-18(28-14)29(26,27)24-8-2-3-16(24)19(25)23-11-9-22(10-12-23)17-6-5-15(20)13-21-17/h4-7,13,16H,2-3,8-12H2,1H3. The van der Waals surface area contributed by atoms with Crippen molar-refractivity contribution in [3.05, 3.63) is 40.4 Å². The maximum Gasteiger partial charge on any atom is 0.253 e. The van der Waals surface area contributed by atoms with E-state index in [2.05, 4.69) is 9.88 Å². The molecule has 2 aromatic heterocycles. The summed E-state index contributed by atoms with van der Waals surface area (Å²) in [6, 6.07) is 6.49. The van der Waals surface area contributed by atoms with Gasteiger partial charge in [0.1, 0.15) is 16.1 Å². The van der Waals surface area contributed by atoms with Gasteiger partial charge in [0.2, 0.25) is 5.91 Å². The second kappa shape index (κ2) is 8.22. The molecule has 0 aromatic carbocycles. The average Bonchev–Trinajstić information content (AvgIpc) is 3.38. The normalized spacial score (nSPS) is 21.0. The number of hydrogen-bond donors (Lipinski definition) is 0. The number of pyridine rings is 1. The lowest BCUT2D eigenvalue weighted by atomic mass is 10.2. The fraction of sp³-hybridized carbons (Fsp3) is 0.474. The third-order valence-corrected chi connectivity index (χ3v) is 8.99. The lowest BCUT2D eigenvalue weighted by Gasteiger charge is -2.37. The molecule has 0 radical (unpaired) electrons. The van der Waals surface area contributed by atoms with Crippen molar-refractivity contribution in [2.75, 3.05) is 37.6 Å². The van der Waals surface area contributed by atoms with Crippen molar-refractivity contribution < 1.29 is 13.2 Å². The molecule has 0 spiro atoms. The number of aryl methyl sites for hydroxylation is 1. The topological polar surface area (TPSA) is 73.8 Å². The summed E-state index contributed by atoms with van der Waals surface area (Å²) in [5, 5.41) is 0.589. The molecule has 0 saturated carbocycles. The SMILES string of the molecule is Cc1ccc(S(=O)(=O)N2CCCC2C(=O)N2CCN(c3ccc(Cl)cn3)CC2)s1. The predicted molar refractivity (Wildman–Crippen MR) is 114 cm³/mol. The first-order valence-corrected chi connectivity index (χ1v) is 12.2. The van der Waals surface area contributed by atoms with Crippen molar-refractivity contribution in [1.29, 1.82) is 0 Å². The van der Waals surface area contributed by atoms with E-state index in [0.29, 0.717) is 54.8 Å². The van der Waals surface area contributed by atoms with E-state index in [-0.39, 0.29) is 5.91 Å². The van der Waals surface area contributed by atoms with Crippen LogP contribution < -0.4 is 4.90 Å². The highest BCUT2D eigenvalue weighted by molar-refractivity contribution is 7.91. The van der Waals surface area contributed by atoms with Crippen LogP contribution in [0, 0.1) is 6.92 Å². The van der Waals surface area contributed by atoms with Crippen molar-refractivity contribution in [1.82, 2.24) is 14.2 Å². The summed E-state index contributed by atoms with van der Waals surface area (Å²) in [5.74, 6) is 0.739. The number of halogens is 1. The molecule has 1 atom stereocenters. The molecule has 10 heteroatoms.